The molecule has 5 heteroatoms. The number of aliphatic hydroxyl groups excluding tert-OH is 3. The second-order valence-electron chi connectivity index (χ2n) is 8.06. The molecule has 166 valence electrons. The molecule has 30 heavy (non-hydrogen) atoms. The molecule has 5 atom stereocenters. The quantitative estimate of drug-likeness (QED) is 0.383. The Morgan fingerprint density at radius 2 is 1.97 bits per heavy atom. The molecule has 0 spiro atoms. The summed E-state index contributed by atoms with van der Waals surface area (Å²) in [4.78, 5) is 14.5. The average Bonchev–Trinajstić information content (AvgIpc) is 3.02. The number of likely N-dealkylation sites (N-methyl/N-ethyl adjacent to an activating group) is 1. The molecule has 1 amide bonds. The number of hydrogen-bond donors (Lipinski definition) is 3. The van der Waals surface area contributed by atoms with Crippen LogP contribution in [-0.2, 0) is 11.2 Å². The first-order valence-electron chi connectivity index (χ1n) is 11.1. The Balaban J connectivity index is 1.99. The number of unbranched alkanes of at least 4 members (excludes halogenated alkanes) is 1. The van der Waals surface area contributed by atoms with Gasteiger partial charge >= 0.3 is 0 Å². The van der Waals surface area contributed by atoms with E-state index in [1.807, 2.05) is 56.3 Å². The SMILES string of the molecule is CC=CCCCC(=O)N(CC)[C@@H]1[C@@H](/C=C/[C@@H](O)CCc2ccccc2)[C@H](O)C[C@@H]1O. The zero-order chi connectivity index (χ0) is 21.9. The Morgan fingerprint density at radius 3 is 2.63 bits per heavy atom. The monoisotopic (exact) mass is 415 g/mol. The van der Waals surface area contributed by atoms with Gasteiger partial charge in [-0.15, -0.1) is 0 Å². The highest BCUT2D eigenvalue weighted by Crippen LogP contribution is 2.33. The Morgan fingerprint density at radius 1 is 1.23 bits per heavy atom. The van der Waals surface area contributed by atoms with E-state index in [9.17, 15) is 20.1 Å². The second-order valence-corrected chi connectivity index (χ2v) is 8.06. The molecular formula is C25H37NO4. The minimum absolute atomic E-state index is 0.00294. The first kappa shape index (κ1) is 24.3. The van der Waals surface area contributed by atoms with Crippen molar-refractivity contribution in [2.45, 2.75) is 76.7 Å². The van der Waals surface area contributed by atoms with E-state index in [1.54, 1.807) is 17.1 Å². The Bertz CT molecular complexity index is 688. The number of nitrogens with zero attached hydrogens (tertiary/aromatic N) is 1. The minimum atomic E-state index is -0.768. The lowest BCUT2D eigenvalue weighted by molar-refractivity contribution is -0.136. The zero-order valence-electron chi connectivity index (χ0n) is 18.2. The lowest BCUT2D eigenvalue weighted by Crippen LogP contribution is -2.48. The Labute approximate surface area is 180 Å². The smallest absolute Gasteiger partial charge is 0.222 e. The van der Waals surface area contributed by atoms with Crippen molar-refractivity contribution in [3.63, 3.8) is 0 Å². The second kappa shape index (κ2) is 12.7. The Hall–Kier alpha value is -1.95. The predicted molar refractivity (Wildman–Crippen MR) is 120 cm³/mol. The van der Waals surface area contributed by atoms with E-state index in [0.717, 1.165) is 19.3 Å². The van der Waals surface area contributed by atoms with Crippen molar-refractivity contribution in [3.05, 3.63) is 60.2 Å². The fraction of sp³-hybridized carbons (Fsp3) is 0.560. The number of carbonyl (C=O) groups excluding carboxylic acids is 1. The van der Waals surface area contributed by atoms with Crippen molar-refractivity contribution in [2.75, 3.05) is 6.54 Å². The highest BCUT2D eigenvalue weighted by Gasteiger charge is 2.44. The molecule has 3 N–H and O–H groups in total. The van der Waals surface area contributed by atoms with Crippen molar-refractivity contribution in [3.8, 4) is 0 Å². The first-order chi connectivity index (χ1) is 14.5. The molecule has 1 aliphatic carbocycles. The molecule has 1 fully saturated rings. The van der Waals surface area contributed by atoms with Gasteiger partial charge in [0.2, 0.25) is 5.91 Å². The molecule has 0 radical (unpaired) electrons. The maximum absolute atomic E-state index is 12.8. The van der Waals surface area contributed by atoms with E-state index < -0.39 is 24.4 Å². The molecule has 0 saturated heterocycles. The molecule has 0 aromatic heterocycles. The molecule has 1 aromatic carbocycles. The number of allylic oxidation sites excluding steroid dienone is 2. The third kappa shape index (κ3) is 7.08. The Kier molecular flexibility index (Phi) is 10.3. The molecule has 2 rings (SSSR count). The molecule has 5 nitrogen and oxygen atoms in total. The van der Waals surface area contributed by atoms with Gasteiger partial charge in [0, 0.05) is 25.3 Å². The van der Waals surface area contributed by atoms with Crippen molar-refractivity contribution >= 4 is 5.91 Å². The standard InChI is InChI=1S/C25H37NO4/c1-3-5-6-10-13-24(30)26(4-2)25-21(22(28)18-23(25)29)17-16-20(27)15-14-19-11-8-7-9-12-19/h3,5,7-9,11-12,16-17,20-23,25,27-29H,4,6,10,13-15,18H2,1-2H3/b5-3?,17-16+/t20-,21-,22+,23-,25+/m0/s1. The van der Waals surface area contributed by atoms with Gasteiger partial charge in [0.25, 0.3) is 0 Å². The van der Waals surface area contributed by atoms with Crippen LogP contribution in [-0.4, -0.2) is 57.0 Å². The van der Waals surface area contributed by atoms with Crippen LogP contribution in [0, 0.1) is 5.92 Å². The van der Waals surface area contributed by atoms with Crippen LogP contribution in [0.1, 0.15) is 51.5 Å². The molecule has 1 aliphatic rings. The largest absolute Gasteiger partial charge is 0.392 e. The number of benzene rings is 1. The average molecular weight is 416 g/mol. The van der Waals surface area contributed by atoms with Crippen LogP contribution in [0.2, 0.25) is 0 Å². The van der Waals surface area contributed by atoms with Gasteiger partial charge in [0.15, 0.2) is 0 Å². The van der Waals surface area contributed by atoms with Crippen LogP contribution in [0.25, 0.3) is 0 Å². The van der Waals surface area contributed by atoms with Crippen molar-refractivity contribution < 1.29 is 20.1 Å². The minimum Gasteiger partial charge on any atom is -0.392 e. The number of hydrogen-bond acceptors (Lipinski definition) is 4. The summed E-state index contributed by atoms with van der Waals surface area (Å²) in [6.07, 6.45) is 9.00. The number of carbonyl (C=O) groups is 1. The first-order valence-corrected chi connectivity index (χ1v) is 11.1. The highest BCUT2D eigenvalue weighted by molar-refractivity contribution is 5.76. The summed E-state index contributed by atoms with van der Waals surface area (Å²) in [6, 6.07) is 9.53. The highest BCUT2D eigenvalue weighted by atomic mass is 16.3. The van der Waals surface area contributed by atoms with Crippen molar-refractivity contribution in [2.24, 2.45) is 5.92 Å². The number of aliphatic hydroxyl groups is 3. The van der Waals surface area contributed by atoms with Gasteiger partial charge in [0.05, 0.1) is 24.4 Å². The van der Waals surface area contributed by atoms with E-state index in [4.69, 9.17) is 0 Å². The molecule has 0 aliphatic heterocycles. The topological polar surface area (TPSA) is 81.0 Å². The van der Waals surface area contributed by atoms with Crippen LogP contribution < -0.4 is 0 Å². The molecular weight excluding hydrogens is 378 g/mol. The predicted octanol–water partition coefficient (Wildman–Crippen LogP) is 3.24. The molecule has 0 bridgehead atoms. The molecule has 1 aromatic rings. The van der Waals surface area contributed by atoms with E-state index >= 15 is 0 Å². The zero-order valence-corrected chi connectivity index (χ0v) is 18.2. The summed E-state index contributed by atoms with van der Waals surface area (Å²) < 4.78 is 0. The van der Waals surface area contributed by atoms with Crippen LogP contribution in [0.3, 0.4) is 0 Å². The maximum Gasteiger partial charge on any atom is 0.222 e. The van der Waals surface area contributed by atoms with Gasteiger partial charge in [0.1, 0.15) is 0 Å². The third-order valence-electron chi connectivity index (χ3n) is 5.86. The van der Waals surface area contributed by atoms with Crippen molar-refractivity contribution in [1.82, 2.24) is 4.90 Å². The van der Waals surface area contributed by atoms with Gasteiger partial charge < -0.3 is 20.2 Å². The summed E-state index contributed by atoms with van der Waals surface area (Å²) in [5.74, 6) is -0.381. The van der Waals surface area contributed by atoms with Gasteiger partial charge in [-0.25, -0.2) is 0 Å². The summed E-state index contributed by atoms with van der Waals surface area (Å²) >= 11 is 0. The molecule has 0 unspecified atom stereocenters. The summed E-state index contributed by atoms with van der Waals surface area (Å²) in [5, 5.41) is 31.4. The lowest BCUT2D eigenvalue weighted by atomic mass is 9.96. The number of rotatable bonds is 11. The van der Waals surface area contributed by atoms with Crippen LogP contribution >= 0.6 is 0 Å². The van der Waals surface area contributed by atoms with Gasteiger partial charge in [-0.05, 0) is 45.1 Å². The summed E-state index contributed by atoms with van der Waals surface area (Å²) in [7, 11) is 0. The van der Waals surface area contributed by atoms with Crippen LogP contribution in [0.15, 0.2) is 54.6 Å². The number of aryl methyl sites for hydroxylation is 1. The van der Waals surface area contributed by atoms with E-state index in [2.05, 4.69) is 0 Å². The van der Waals surface area contributed by atoms with E-state index in [1.165, 1.54) is 5.56 Å². The summed E-state index contributed by atoms with van der Waals surface area (Å²) in [6.45, 7) is 4.34. The van der Waals surface area contributed by atoms with Crippen LogP contribution in [0.5, 0.6) is 0 Å². The number of amides is 1. The fourth-order valence-corrected chi connectivity index (χ4v) is 4.23. The third-order valence-corrected chi connectivity index (χ3v) is 5.86. The van der Waals surface area contributed by atoms with E-state index in [-0.39, 0.29) is 18.2 Å². The van der Waals surface area contributed by atoms with Gasteiger partial charge in [-0.3, -0.25) is 4.79 Å². The van der Waals surface area contributed by atoms with Crippen LogP contribution in [0.4, 0.5) is 0 Å². The molecule has 1 saturated carbocycles. The van der Waals surface area contributed by atoms with E-state index in [0.29, 0.717) is 19.4 Å². The summed E-state index contributed by atoms with van der Waals surface area (Å²) in [5.41, 5.74) is 1.17. The normalized spacial score (nSPS) is 25.2. The maximum atomic E-state index is 12.8. The molecule has 0 heterocycles. The van der Waals surface area contributed by atoms with Crippen molar-refractivity contribution in [1.29, 1.82) is 0 Å². The van der Waals surface area contributed by atoms with Gasteiger partial charge in [-0.1, -0.05) is 54.6 Å². The lowest BCUT2D eigenvalue weighted by Gasteiger charge is -2.33. The van der Waals surface area contributed by atoms with Gasteiger partial charge in [-0.2, -0.15) is 0 Å². The fourth-order valence-electron chi connectivity index (χ4n) is 4.23.